The van der Waals surface area contributed by atoms with E-state index in [0.717, 1.165) is 22.1 Å². The number of anilines is 1. The summed E-state index contributed by atoms with van der Waals surface area (Å²) in [7, 11) is 0. The van der Waals surface area contributed by atoms with Gasteiger partial charge in [-0.3, -0.25) is 10.4 Å². The third kappa shape index (κ3) is 3.41. The number of hydrogen-bond donors (Lipinski definition) is 1. The van der Waals surface area contributed by atoms with Crippen LogP contribution >= 0.6 is 0 Å². The average molecular weight is 379 g/mol. The van der Waals surface area contributed by atoms with Gasteiger partial charge in [-0.25, -0.2) is 15.0 Å². The lowest BCUT2D eigenvalue weighted by Crippen LogP contribution is -2.01. The molecule has 0 amide bonds. The van der Waals surface area contributed by atoms with Gasteiger partial charge in [0.15, 0.2) is 17.0 Å². The number of hydrogen-bond acceptors (Lipinski definition) is 6. The highest BCUT2D eigenvalue weighted by molar-refractivity contribution is 5.98. The first-order chi connectivity index (χ1) is 14.4. The van der Waals surface area contributed by atoms with Gasteiger partial charge in [0.1, 0.15) is 6.33 Å². The van der Waals surface area contributed by atoms with Gasteiger partial charge < -0.3 is 4.57 Å². The summed E-state index contributed by atoms with van der Waals surface area (Å²) in [5.74, 6) is 0.566. The molecule has 0 unspecified atom stereocenters. The van der Waals surface area contributed by atoms with Crippen molar-refractivity contribution in [2.24, 2.45) is 5.10 Å². The van der Waals surface area contributed by atoms with Crippen molar-refractivity contribution in [3.63, 3.8) is 0 Å². The van der Waals surface area contributed by atoms with Gasteiger partial charge in [0.2, 0.25) is 0 Å². The zero-order valence-electron chi connectivity index (χ0n) is 15.5. The van der Waals surface area contributed by atoms with Crippen LogP contribution in [0.1, 0.15) is 11.1 Å². The number of aromatic nitrogens is 5. The molecule has 0 bridgehead atoms. The van der Waals surface area contributed by atoms with E-state index in [1.165, 1.54) is 11.9 Å². The molecule has 0 fully saturated rings. The van der Waals surface area contributed by atoms with Crippen LogP contribution in [0.4, 0.5) is 5.82 Å². The molecule has 7 heteroatoms. The van der Waals surface area contributed by atoms with E-state index < -0.39 is 0 Å². The molecule has 0 radical (unpaired) electrons. The van der Waals surface area contributed by atoms with Crippen LogP contribution < -0.4 is 5.43 Å². The molecule has 0 atom stereocenters. The number of imidazole rings is 1. The molecule has 3 aromatic heterocycles. The predicted molar refractivity (Wildman–Crippen MR) is 114 cm³/mol. The zero-order chi connectivity index (χ0) is 19.5. The van der Waals surface area contributed by atoms with Crippen molar-refractivity contribution in [1.29, 1.82) is 0 Å². The fraction of sp³-hybridized carbons (Fsp3) is 0.0455. The number of pyridine rings is 1. The summed E-state index contributed by atoms with van der Waals surface area (Å²) < 4.78 is 2.00. The highest BCUT2D eigenvalue weighted by Gasteiger charge is 2.10. The van der Waals surface area contributed by atoms with Gasteiger partial charge in [-0.15, -0.1) is 0 Å². The molecule has 0 saturated heterocycles. The third-order valence-electron chi connectivity index (χ3n) is 4.65. The SMILES string of the molecule is C(=N\Nc1ncnc2c1ncn2Cc1ccccc1)/c1ccnc2ccccc12. The number of fused-ring (bicyclic) bond motifs is 2. The van der Waals surface area contributed by atoms with Crippen LogP contribution in [-0.4, -0.2) is 30.7 Å². The van der Waals surface area contributed by atoms with Crippen LogP contribution in [-0.2, 0) is 6.54 Å². The number of nitrogens with zero attached hydrogens (tertiary/aromatic N) is 6. The van der Waals surface area contributed by atoms with E-state index in [0.29, 0.717) is 17.9 Å². The Labute approximate surface area is 166 Å². The second kappa shape index (κ2) is 7.47. The molecule has 5 aromatic rings. The Balaban J connectivity index is 1.41. The molecule has 5 rings (SSSR count). The van der Waals surface area contributed by atoms with Gasteiger partial charge >= 0.3 is 0 Å². The van der Waals surface area contributed by atoms with E-state index in [-0.39, 0.29) is 0 Å². The van der Waals surface area contributed by atoms with Gasteiger partial charge in [-0.2, -0.15) is 5.10 Å². The fourth-order valence-corrected chi connectivity index (χ4v) is 3.25. The van der Waals surface area contributed by atoms with Crippen molar-refractivity contribution in [2.45, 2.75) is 6.54 Å². The first-order valence-electron chi connectivity index (χ1n) is 9.21. The van der Waals surface area contributed by atoms with Crippen LogP contribution in [0.15, 0.2) is 84.6 Å². The maximum absolute atomic E-state index is 4.48. The summed E-state index contributed by atoms with van der Waals surface area (Å²) in [6.07, 6.45) is 6.83. The smallest absolute Gasteiger partial charge is 0.177 e. The van der Waals surface area contributed by atoms with Crippen molar-refractivity contribution in [2.75, 3.05) is 5.43 Å². The van der Waals surface area contributed by atoms with E-state index in [1.807, 2.05) is 53.1 Å². The summed E-state index contributed by atoms with van der Waals surface area (Å²) in [4.78, 5) is 17.5. The Bertz CT molecular complexity index is 1300. The number of benzene rings is 2. The van der Waals surface area contributed by atoms with E-state index in [1.54, 1.807) is 18.7 Å². The van der Waals surface area contributed by atoms with Gasteiger partial charge in [-0.05, 0) is 17.7 Å². The molecule has 29 heavy (non-hydrogen) atoms. The lowest BCUT2D eigenvalue weighted by Gasteiger charge is -2.04. The first-order valence-corrected chi connectivity index (χ1v) is 9.21. The van der Waals surface area contributed by atoms with Crippen molar-refractivity contribution < 1.29 is 0 Å². The first kappa shape index (κ1) is 17.0. The normalized spacial score (nSPS) is 11.4. The second-order valence-corrected chi connectivity index (χ2v) is 6.54. The lowest BCUT2D eigenvalue weighted by molar-refractivity contribution is 0.813. The molecular weight excluding hydrogens is 362 g/mol. The van der Waals surface area contributed by atoms with Gasteiger partial charge in [0, 0.05) is 17.1 Å². The molecule has 0 aliphatic carbocycles. The Kier molecular flexibility index (Phi) is 4.38. The quantitative estimate of drug-likeness (QED) is 0.370. The Hall–Kier alpha value is -4.13. The van der Waals surface area contributed by atoms with Crippen molar-refractivity contribution in [1.82, 2.24) is 24.5 Å². The molecule has 1 N–H and O–H groups in total. The maximum atomic E-state index is 4.48. The monoisotopic (exact) mass is 379 g/mol. The largest absolute Gasteiger partial charge is 0.311 e. The molecule has 0 spiro atoms. The predicted octanol–water partition coefficient (Wildman–Crippen LogP) is 3.87. The van der Waals surface area contributed by atoms with E-state index in [9.17, 15) is 0 Å². The van der Waals surface area contributed by atoms with Crippen LogP contribution in [0.25, 0.3) is 22.1 Å². The van der Waals surface area contributed by atoms with Crippen LogP contribution in [0.5, 0.6) is 0 Å². The van der Waals surface area contributed by atoms with Crippen LogP contribution in [0.3, 0.4) is 0 Å². The number of hydrazone groups is 1. The summed E-state index contributed by atoms with van der Waals surface area (Å²) in [5, 5.41) is 5.41. The number of para-hydroxylation sites is 1. The molecule has 7 nitrogen and oxygen atoms in total. The van der Waals surface area contributed by atoms with Crippen LogP contribution in [0, 0.1) is 0 Å². The van der Waals surface area contributed by atoms with E-state index in [4.69, 9.17) is 0 Å². The Morgan fingerprint density at radius 3 is 2.69 bits per heavy atom. The second-order valence-electron chi connectivity index (χ2n) is 6.54. The minimum Gasteiger partial charge on any atom is -0.311 e. The van der Waals surface area contributed by atoms with Crippen LogP contribution in [0.2, 0.25) is 0 Å². The Morgan fingerprint density at radius 1 is 0.897 bits per heavy atom. The molecular formula is C22H17N7. The topological polar surface area (TPSA) is 80.9 Å². The highest BCUT2D eigenvalue weighted by Crippen LogP contribution is 2.19. The fourth-order valence-electron chi connectivity index (χ4n) is 3.25. The molecule has 3 heterocycles. The van der Waals surface area contributed by atoms with E-state index in [2.05, 4.69) is 42.6 Å². The molecule has 0 saturated carbocycles. The minimum atomic E-state index is 0.566. The summed E-state index contributed by atoms with van der Waals surface area (Å²) in [6.45, 7) is 0.695. The third-order valence-corrected chi connectivity index (χ3v) is 4.65. The average Bonchev–Trinajstić information content (AvgIpc) is 3.18. The van der Waals surface area contributed by atoms with Crippen molar-refractivity contribution in [3.8, 4) is 0 Å². The van der Waals surface area contributed by atoms with E-state index >= 15 is 0 Å². The number of rotatable bonds is 5. The molecule has 0 aliphatic rings. The summed E-state index contributed by atoms with van der Waals surface area (Å²) in [5.41, 5.74) is 7.53. The minimum absolute atomic E-state index is 0.566. The van der Waals surface area contributed by atoms with Gasteiger partial charge in [0.25, 0.3) is 0 Å². The van der Waals surface area contributed by atoms with Crippen molar-refractivity contribution >= 4 is 34.1 Å². The molecule has 2 aromatic carbocycles. The zero-order valence-corrected chi connectivity index (χ0v) is 15.5. The summed E-state index contributed by atoms with van der Waals surface area (Å²) in [6, 6.07) is 20.1. The van der Waals surface area contributed by atoms with Crippen molar-refractivity contribution in [3.05, 3.63) is 90.6 Å². The standard InChI is InChI=1S/C22H17N7/c1-2-6-16(7-3-1)13-29-15-26-20-21(24-14-25-22(20)29)28-27-12-17-10-11-23-19-9-5-4-8-18(17)19/h1-12,14-15H,13H2,(H,24,25,28)/b27-12+. The number of nitrogens with one attached hydrogen (secondary N) is 1. The summed E-state index contributed by atoms with van der Waals surface area (Å²) >= 11 is 0. The van der Waals surface area contributed by atoms with Gasteiger partial charge in [-0.1, -0.05) is 48.5 Å². The maximum Gasteiger partial charge on any atom is 0.177 e. The van der Waals surface area contributed by atoms with Gasteiger partial charge in [0.05, 0.1) is 24.6 Å². The Morgan fingerprint density at radius 2 is 1.76 bits per heavy atom. The lowest BCUT2D eigenvalue weighted by atomic mass is 10.1. The highest BCUT2D eigenvalue weighted by atomic mass is 15.3. The molecule has 0 aliphatic heterocycles. The molecule has 140 valence electrons.